The normalized spacial score (nSPS) is 13.9. The molecule has 0 radical (unpaired) electrons. The molecule has 0 saturated heterocycles. The van der Waals surface area contributed by atoms with Gasteiger partial charge in [-0.3, -0.25) is 18.6 Å². The third-order valence-corrected chi connectivity index (χ3v) is 12.1. The molecule has 3 atom stereocenters. The molecular formula is C50H95O10P. The van der Waals surface area contributed by atoms with E-state index in [1.165, 1.54) is 154 Å². The molecule has 0 aliphatic carbocycles. The van der Waals surface area contributed by atoms with Gasteiger partial charge in [-0.2, -0.15) is 0 Å². The Morgan fingerprint density at radius 1 is 0.492 bits per heavy atom. The van der Waals surface area contributed by atoms with Crippen LogP contribution in [0.3, 0.4) is 0 Å². The zero-order valence-electron chi connectivity index (χ0n) is 39.4. The molecule has 11 heteroatoms. The van der Waals surface area contributed by atoms with Crippen LogP contribution in [0.4, 0.5) is 0 Å². The van der Waals surface area contributed by atoms with Crippen molar-refractivity contribution >= 4 is 19.8 Å². The molecule has 0 saturated carbocycles. The van der Waals surface area contributed by atoms with Crippen LogP contribution in [0.1, 0.15) is 245 Å². The largest absolute Gasteiger partial charge is 0.472 e. The van der Waals surface area contributed by atoms with Gasteiger partial charge in [-0.05, 0) is 44.9 Å². The highest BCUT2D eigenvalue weighted by atomic mass is 31.2. The Bertz CT molecular complexity index is 1070. The van der Waals surface area contributed by atoms with Gasteiger partial charge in [-0.1, -0.05) is 212 Å². The molecule has 0 fully saturated rings. The highest BCUT2D eigenvalue weighted by Crippen LogP contribution is 2.43. The predicted octanol–water partition coefficient (Wildman–Crippen LogP) is 14.1. The van der Waals surface area contributed by atoms with Gasteiger partial charge < -0.3 is 24.6 Å². The minimum atomic E-state index is -4.62. The van der Waals surface area contributed by atoms with Crippen molar-refractivity contribution in [1.82, 2.24) is 0 Å². The molecule has 0 bridgehead atoms. The van der Waals surface area contributed by atoms with Gasteiger partial charge >= 0.3 is 19.8 Å². The highest BCUT2D eigenvalue weighted by Gasteiger charge is 2.27. The number of aliphatic hydroxyl groups excluding tert-OH is 2. The zero-order chi connectivity index (χ0) is 44.8. The molecule has 3 N–H and O–H groups in total. The van der Waals surface area contributed by atoms with Crippen molar-refractivity contribution in [3.63, 3.8) is 0 Å². The molecule has 0 aliphatic heterocycles. The number of carbonyl (C=O) groups is 2. The molecule has 0 spiro atoms. The summed E-state index contributed by atoms with van der Waals surface area (Å²) in [7, 11) is -4.62. The summed E-state index contributed by atoms with van der Waals surface area (Å²) in [5, 5.41) is 18.4. The lowest BCUT2D eigenvalue weighted by Crippen LogP contribution is -2.29. The lowest BCUT2D eigenvalue weighted by Gasteiger charge is -2.20. The molecule has 360 valence electrons. The number of phosphoric ester groups is 1. The number of phosphoric acid groups is 1. The number of rotatable bonds is 48. The first-order valence-electron chi connectivity index (χ1n) is 25.3. The van der Waals surface area contributed by atoms with Gasteiger partial charge in [-0.25, -0.2) is 4.57 Å². The van der Waals surface area contributed by atoms with E-state index in [0.29, 0.717) is 12.8 Å². The van der Waals surface area contributed by atoms with Crippen molar-refractivity contribution in [3.05, 3.63) is 24.3 Å². The van der Waals surface area contributed by atoms with Crippen LogP contribution < -0.4 is 0 Å². The molecule has 0 aromatic heterocycles. The SMILES string of the molecule is CCCCCC/C=C\C/C=C\CCCCCCCCCC(=O)OC(COC(=O)CCCCCCCCCCCCCCCCCCCCCC)COP(=O)(O)OCC(O)CO. The highest BCUT2D eigenvalue weighted by molar-refractivity contribution is 7.47. The lowest BCUT2D eigenvalue weighted by atomic mass is 10.0. The van der Waals surface area contributed by atoms with Crippen molar-refractivity contribution in [2.24, 2.45) is 0 Å². The summed E-state index contributed by atoms with van der Waals surface area (Å²) in [4.78, 5) is 35.2. The number of hydrogen-bond donors (Lipinski definition) is 3. The minimum Gasteiger partial charge on any atom is -0.462 e. The van der Waals surface area contributed by atoms with Gasteiger partial charge in [-0.15, -0.1) is 0 Å². The Balaban J connectivity index is 4.17. The van der Waals surface area contributed by atoms with Gasteiger partial charge in [0.1, 0.15) is 12.7 Å². The third-order valence-electron chi connectivity index (χ3n) is 11.1. The Morgan fingerprint density at radius 3 is 1.28 bits per heavy atom. The first kappa shape index (κ1) is 59.5. The Hall–Kier alpha value is -1.55. The number of aliphatic hydroxyl groups is 2. The fraction of sp³-hybridized carbons (Fsp3) is 0.880. The summed E-state index contributed by atoms with van der Waals surface area (Å²) in [6.07, 6.45) is 48.5. The quantitative estimate of drug-likeness (QED) is 0.0233. The van der Waals surface area contributed by atoms with Crippen LogP contribution in [0.2, 0.25) is 0 Å². The molecule has 0 aromatic carbocycles. The number of ether oxygens (including phenoxy) is 2. The van der Waals surface area contributed by atoms with E-state index >= 15 is 0 Å². The maximum absolute atomic E-state index is 12.7. The summed E-state index contributed by atoms with van der Waals surface area (Å²) in [6.45, 7) is 2.40. The summed E-state index contributed by atoms with van der Waals surface area (Å²) in [5.74, 6) is -0.920. The number of allylic oxidation sites excluding steroid dienone is 4. The van der Waals surface area contributed by atoms with Gasteiger partial charge in [0.05, 0.1) is 19.8 Å². The maximum Gasteiger partial charge on any atom is 0.472 e. The first-order chi connectivity index (χ1) is 29.7. The molecule has 0 amide bonds. The molecular weight excluding hydrogens is 792 g/mol. The van der Waals surface area contributed by atoms with Gasteiger partial charge in [0.2, 0.25) is 0 Å². The second-order valence-electron chi connectivity index (χ2n) is 17.2. The number of unbranched alkanes of at least 4 members (excludes halogenated alkanes) is 30. The Kier molecular flexibility index (Phi) is 45.3. The average molecular weight is 887 g/mol. The third kappa shape index (κ3) is 46.3. The molecule has 10 nitrogen and oxygen atoms in total. The standard InChI is InChI=1S/C50H95O10P/c1-3-5-7-9-11-13-15-17-19-21-23-24-26-27-29-31-33-35-37-39-41-49(53)57-45-48(46-59-61(55,56)58-44-47(52)43-51)60-50(54)42-40-38-36-34-32-30-28-25-22-20-18-16-14-12-10-8-6-4-2/h14,16,20,22,47-48,51-52H,3-13,15,17-19,21,23-46H2,1-2H3,(H,55,56)/b16-14-,22-20-. The van der Waals surface area contributed by atoms with Crippen molar-refractivity contribution in [3.8, 4) is 0 Å². The van der Waals surface area contributed by atoms with Crippen molar-refractivity contribution in [1.29, 1.82) is 0 Å². The van der Waals surface area contributed by atoms with Crippen molar-refractivity contribution in [2.75, 3.05) is 26.4 Å². The van der Waals surface area contributed by atoms with E-state index in [0.717, 1.165) is 51.4 Å². The van der Waals surface area contributed by atoms with Gasteiger partial charge in [0.25, 0.3) is 0 Å². The van der Waals surface area contributed by atoms with Gasteiger partial charge in [0.15, 0.2) is 6.10 Å². The Morgan fingerprint density at radius 2 is 0.852 bits per heavy atom. The van der Waals surface area contributed by atoms with Crippen LogP contribution in [0.25, 0.3) is 0 Å². The molecule has 3 unspecified atom stereocenters. The molecule has 61 heavy (non-hydrogen) atoms. The van der Waals surface area contributed by atoms with E-state index in [1.807, 2.05) is 0 Å². The van der Waals surface area contributed by atoms with E-state index in [4.69, 9.17) is 23.6 Å². The summed E-state index contributed by atoms with van der Waals surface area (Å²) in [5.41, 5.74) is 0. The topological polar surface area (TPSA) is 149 Å². The average Bonchev–Trinajstić information content (AvgIpc) is 3.25. The van der Waals surface area contributed by atoms with Crippen LogP contribution in [0, 0.1) is 0 Å². The molecule has 0 rings (SSSR count). The van der Waals surface area contributed by atoms with Crippen LogP contribution in [0.15, 0.2) is 24.3 Å². The summed E-state index contributed by atoms with van der Waals surface area (Å²) < 4.78 is 32.9. The zero-order valence-corrected chi connectivity index (χ0v) is 40.3. The monoisotopic (exact) mass is 887 g/mol. The van der Waals surface area contributed by atoms with Crippen molar-refractivity contribution in [2.45, 2.75) is 257 Å². The second kappa shape index (κ2) is 46.4. The number of hydrogen-bond acceptors (Lipinski definition) is 9. The fourth-order valence-electron chi connectivity index (χ4n) is 7.20. The van der Waals surface area contributed by atoms with E-state index < -0.39 is 51.8 Å². The van der Waals surface area contributed by atoms with E-state index in [2.05, 4.69) is 38.2 Å². The lowest BCUT2D eigenvalue weighted by molar-refractivity contribution is -0.161. The van der Waals surface area contributed by atoms with E-state index in [9.17, 15) is 24.2 Å². The second-order valence-corrected chi connectivity index (χ2v) is 18.7. The number of esters is 2. The van der Waals surface area contributed by atoms with Crippen LogP contribution in [-0.2, 0) is 32.7 Å². The smallest absolute Gasteiger partial charge is 0.462 e. The fourth-order valence-corrected chi connectivity index (χ4v) is 7.99. The van der Waals surface area contributed by atoms with Crippen LogP contribution in [0.5, 0.6) is 0 Å². The van der Waals surface area contributed by atoms with E-state index in [1.54, 1.807) is 0 Å². The summed E-state index contributed by atoms with van der Waals surface area (Å²) >= 11 is 0. The van der Waals surface area contributed by atoms with Crippen LogP contribution >= 0.6 is 7.82 Å². The Labute approximate surface area is 374 Å². The first-order valence-corrected chi connectivity index (χ1v) is 26.8. The minimum absolute atomic E-state index is 0.178. The summed E-state index contributed by atoms with van der Waals surface area (Å²) in [6, 6.07) is 0. The molecule has 0 heterocycles. The maximum atomic E-state index is 12.7. The number of carbonyl (C=O) groups excluding carboxylic acids is 2. The van der Waals surface area contributed by atoms with Crippen LogP contribution in [-0.4, -0.2) is 65.7 Å². The van der Waals surface area contributed by atoms with Gasteiger partial charge in [0, 0.05) is 12.8 Å². The molecule has 0 aliphatic rings. The van der Waals surface area contributed by atoms with E-state index in [-0.39, 0.29) is 19.4 Å². The predicted molar refractivity (Wildman–Crippen MR) is 252 cm³/mol. The molecule has 0 aromatic rings. The van der Waals surface area contributed by atoms with Crippen molar-refractivity contribution < 1.29 is 47.8 Å².